The predicted octanol–water partition coefficient (Wildman–Crippen LogP) is -0.281. The molecule has 20 heavy (non-hydrogen) atoms. The van der Waals surface area contributed by atoms with Crippen molar-refractivity contribution in [2.45, 2.75) is 29.7 Å². The molecule has 0 aromatic carbocycles. The van der Waals surface area contributed by atoms with Crippen molar-refractivity contribution < 1.29 is 13.5 Å². The summed E-state index contributed by atoms with van der Waals surface area (Å²) in [5.41, 5.74) is 6.00. The number of likely N-dealkylation sites (N-methyl/N-ethyl adjacent to an activating group) is 1. The van der Waals surface area contributed by atoms with Gasteiger partial charge in [-0.3, -0.25) is 0 Å². The Morgan fingerprint density at radius 3 is 2.70 bits per heavy atom. The maximum absolute atomic E-state index is 12.7. The summed E-state index contributed by atoms with van der Waals surface area (Å²) in [4.78, 5) is 5.89. The summed E-state index contributed by atoms with van der Waals surface area (Å²) >= 11 is 0.972. The fourth-order valence-corrected chi connectivity index (χ4v) is 5.57. The SMILES string of the molecule is Cc1nc(N)sc1S(=O)(=O)N1CC(O)CC1CN(C)C. The molecule has 1 saturated heterocycles. The Morgan fingerprint density at radius 2 is 2.20 bits per heavy atom. The standard InChI is InChI=1S/C11H20N4O3S2/c1-7-10(19-11(12)13-7)20(17,18)15-6-9(16)4-8(15)5-14(2)3/h8-9,16H,4-6H2,1-3H3,(H2,12,13). The molecule has 0 amide bonds. The maximum Gasteiger partial charge on any atom is 0.254 e. The molecule has 0 saturated carbocycles. The third kappa shape index (κ3) is 2.96. The number of thiazole rings is 1. The van der Waals surface area contributed by atoms with Gasteiger partial charge in [-0.1, -0.05) is 11.3 Å². The second-order valence-electron chi connectivity index (χ2n) is 5.31. The van der Waals surface area contributed by atoms with Crippen molar-refractivity contribution in [1.29, 1.82) is 0 Å². The first-order valence-corrected chi connectivity index (χ1v) is 8.55. The molecule has 0 spiro atoms. The Labute approximate surface area is 123 Å². The number of aryl methyl sites for hydroxylation is 1. The molecule has 1 aliphatic rings. The number of nitrogen functional groups attached to an aromatic ring is 1. The van der Waals surface area contributed by atoms with Crippen LogP contribution in [0.5, 0.6) is 0 Å². The predicted molar refractivity (Wildman–Crippen MR) is 78.1 cm³/mol. The Bertz CT molecular complexity index is 584. The average Bonchev–Trinajstić information content (AvgIpc) is 2.81. The molecule has 0 aliphatic carbocycles. The van der Waals surface area contributed by atoms with Crippen LogP contribution in [0.1, 0.15) is 12.1 Å². The van der Waals surface area contributed by atoms with E-state index in [1.807, 2.05) is 19.0 Å². The lowest BCUT2D eigenvalue weighted by Gasteiger charge is -2.25. The van der Waals surface area contributed by atoms with Gasteiger partial charge in [0.05, 0.1) is 11.8 Å². The van der Waals surface area contributed by atoms with Crippen molar-refractivity contribution >= 4 is 26.5 Å². The van der Waals surface area contributed by atoms with Crippen LogP contribution < -0.4 is 5.73 Å². The molecule has 2 heterocycles. The minimum absolute atomic E-state index is 0.123. The smallest absolute Gasteiger partial charge is 0.254 e. The largest absolute Gasteiger partial charge is 0.392 e. The second-order valence-corrected chi connectivity index (χ2v) is 8.42. The van der Waals surface area contributed by atoms with Gasteiger partial charge < -0.3 is 15.7 Å². The minimum atomic E-state index is -3.65. The highest BCUT2D eigenvalue weighted by Crippen LogP contribution is 2.32. The van der Waals surface area contributed by atoms with E-state index in [0.717, 1.165) is 11.3 Å². The molecular weight excluding hydrogens is 300 g/mol. The Hall–Kier alpha value is -0.740. The number of aromatic nitrogens is 1. The molecule has 1 aromatic heterocycles. The summed E-state index contributed by atoms with van der Waals surface area (Å²) in [6.45, 7) is 2.33. The van der Waals surface area contributed by atoms with Crippen LogP contribution in [-0.4, -0.2) is 67.0 Å². The van der Waals surface area contributed by atoms with Crippen molar-refractivity contribution in [1.82, 2.24) is 14.2 Å². The van der Waals surface area contributed by atoms with Crippen molar-refractivity contribution in [3.05, 3.63) is 5.69 Å². The van der Waals surface area contributed by atoms with Gasteiger partial charge in [0, 0.05) is 19.1 Å². The van der Waals surface area contributed by atoms with Gasteiger partial charge in [0.15, 0.2) is 9.34 Å². The van der Waals surface area contributed by atoms with Gasteiger partial charge >= 0.3 is 0 Å². The monoisotopic (exact) mass is 320 g/mol. The van der Waals surface area contributed by atoms with E-state index >= 15 is 0 Å². The number of aliphatic hydroxyl groups excluding tert-OH is 1. The number of aliphatic hydroxyl groups is 1. The Morgan fingerprint density at radius 1 is 1.55 bits per heavy atom. The molecule has 2 rings (SSSR count). The Balaban J connectivity index is 2.34. The molecule has 1 aromatic rings. The minimum Gasteiger partial charge on any atom is -0.392 e. The van der Waals surface area contributed by atoms with Gasteiger partial charge in [-0.25, -0.2) is 13.4 Å². The van der Waals surface area contributed by atoms with Gasteiger partial charge in [0.1, 0.15) is 0 Å². The number of hydrogen-bond donors (Lipinski definition) is 2. The van der Waals surface area contributed by atoms with Crippen molar-refractivity contribution in [2.75, 3.05) is 32.9 Å². The van der Waals surface area contributed by atoms with E-state index in [4.69, 9.17) is 5.73 Å². The third-order valence-corrected chi connectivity index (χ3v) is 6.72. The molecule has 114 valence electrons. The summed E-state index contributed by atoms with van der Waals surface area (Å²) in [7, 11) is 0.107. The van der Waals surface area contributed by atoms with Crippen LogP contribution >= 0.6 is 11.3 Å². The number of β-amino-alcohol motifs (C(OH)–C–C–N with tert-alkyl or cyclic N) is 1. The maximum atomic E-state index is 12.7. The molecule has 0 radical (unpaired) electrons. The first-order chi connectivity index (χ1) is 9.21. The van der Waals surface area contributed by atoms with Crippen LogP contribution in [-0.2, 0) is 10.0 Å². The molecule has 2 unspecified atom stereocenters. The molecule has 1 fully saturated rings. The highest BCUT2D eigenvalue weighted by Gasteiger charge is 2.41. The van der Waals surface area contributed by atoms with E-state index in [-0.39, 0.29) is 21.9 Å². The second kappa shape index (κ2) is 5.57. The lowest BCUT2D eigenvalue weighted by atomic mass is 10.2. The van der Waals surface area contributed by atoms with E-state index in [1.165, 1.54) is 4.31 Å². The lowest BCUT2D eigenvalue weighted by Crippen LogP contribution is -2.41. The first kappa shape index (κ1) is 15.6. The highest BCUT2D eigenvalue weighted by atomic mass is 32.2. The van der Waals surface area contributed by atoms with Crippen LogP contribution in [0.15, 0.2) is 4.21 Å². The quantitative estimate of drug-likeness (QED) is 0.791. The van der Waals surface area contributed by atoms with Crippen LogP contribution in [0.3, 0.4) is 0 Å². The topological polar surface area (TPSA) is 99.8 Å². The zero-order valence-electron chi connectivity index (χ0n) is 11.8. The van der Waals surface area contributed by atoms with Crippen LogP contribution in [0.2, 0.25) is 0 Å². The lowest BCUT2D eigenvalue weighted by molar-refractivity contribution is 0.188. The third-order valence-electron chi connectivity index (χ3n) is 3.23. The number of anilines is 1. The zero-order chi connectivity index (χ0) is 15.1. The number of sulfonamides is 1. The van der Waals surface area contributed by atoms with Crippen LogP contribution in [0.4, 0.5) is 5.13 Å². The number of nitrogens with zero attached hydrogens (tertiary/aromatic N) is 3. The fourth-order valence-electron chi connectivity index (χ4n) is 2.49. The van der Waals surface area contributed by atoms with Gasteiger partial charge in [-0.2, -0.15) is 4.31 Å². The highest BCUT2D eigenvalue weighted by molar-refractivity contribution is 7.91. The van der Waals surface area contributed by atoms with Crippen molar-refractivity contribution in [3.63, 3.8) is 0 Å². The van der Waals surface area contributed by atoms with Crippen LogP contribution in [0, 0.1) is 6.92 Å². The first-order valence-electron chi connectivity index (χ1n) is 6.29. The van der Waals surface area contributed by atoms with Gasteiger partial charge in [0.2, 0.25) is 0 Å². The zero-order valence-corrected chi connectivity index (χ0v) is 13.4. The van der Waals surface area contributed by atoms with Crippen LogP contribution in [0.25, 0.3) is 0 Å². The summed E-state index contributed by atoms with van der Waals surface area (Å²) in [5.74, 6) is 0. The molecule has 3 N–H and O–H groups in total. The normalized spacial score (nSPS) is 24.6. The number of hydrogen-bond acceptors (Lipinski definition) is 7. The number of rotatable bonds is 4. The molecule has 1 aliphatic heterocycles. The summed E-state index contributed by atoms with van der Waals surface area (Å²) < 4.78 is 27.0. The molecule has 2 atom stereocenters. The summed E-state index contributed by atoms with van der Waals surface area (Å²) in [6.07, 6.45) is -0.176. The Kier molecular flexibility index (Phi) is 4.35. The van der Waals surface area contributed by atoms with Gasteiger partial charge in [-0.15, -0.1) is 0 Å². The molecule has 0 bridgehead atoms. The van der Waals surface area contributed by atoms with E-state index in [9.17, 15) is 13.5 Å². The van der Waals surface area contributed by atoms with Gasteiger partial charge in [0.25, 0.3) is 10.0 Å². The molecule has 7 nitrogen and oxygen atoms in total. The van der Waals surface area contributed by atoms with E-state index in [2.05, 4.69) is 4.98 Å². The molecular formula is C11H20N4O3S2. The van der Waals surface area contributed by atoms with E-state index in [1.54, 1.807) is 6.92 Å². The summed E-state index contributed by atoms with van der Waals surface area (Å²) in [6, 6.07) is -0.229. The van der Waals surface area contributed by atoms with Crippen molar-refractivity contribution in [3.8, 4) is 0 Å². The van der Waals surface area contributed by atoms with E-state index < -0.39 is 16.1 Å². The number of nitrogens with two attached hydrogens (primary N) is 1. The van der Waals surface area contributed by atoms with Gasteiger partial charge in [-0.05, 0) is 27.4 Å². The van der Waals surface area contributed by atoms with E-state index in [0.29, 0.717) is 18.7 Å². The molecule has 9 heteroatoms. The summed E-state index contributed by atoms with van der Waals surface area (Å²) in [5, 5.41) is 10.0. The average molecular weight is 320 g/mol. The fraction of sp³-hybridized carbons (Fsp3) is 0.727. The van der Waals surface area contributed by atoms with Crippen molar-refractivity contribution in [2.24, 2.45) is 0 Å².